The number of unbranched alkanes of at least 4 members (excludes halogenated alkanes) is 36. The van der Waals surface area contributed by atoms with Gasteiger partial charge in [-0.25, -0.2) is 0 Å². The zero-order chi connectivity index (χ0) is 50.0. The van der Waals surface area contributed by atoms with Crippen LogP contribution < -0.4 is 0 Å². The minimum absolute atomic E-state index is 0.0727. The maximum absolute atomic E-state index is 12.9. The Morgan fingerprint density at radius 2 is 0.522 bits per heavy atom. The second kappa shape index (κ2) is 57.9. The molecule has 402 valence electrons. The smallest absolute Gasteiger partial charge is 0.306 e. The van der Waals surface area contributed by atoms with Crippen molar-refractivity contribution in [1.82, 2.24) is 0 Å². The number of carbonyl (C=O) groups is 3. The van der Waals surface area contributed by atoms with E-state index >= 15 is 0 Å². The van der Waals surface area contributed by atoms with Crippen LogP contribution in [0.25, 0.3) is 0 Å². The van der Waals surface area contributed by atoms with Gasteiger partial charge in [0.05, 0.1) is 0 Å². The topological polar surface area (TPSA) is 78.9 Å². The number of ether oxygens (including phenoxy) is 3. The molecule has 0 aromatic heterocycles. The lowest BCUT2D eigenvalue weighted by Gasteiger charge is -2.18. The third-order valence-corrected chi connectivity index (χ3v) is 13.3. The first kappa shape index (κ1) is 66.4. The Morgan fingerprint density at radius 3 is 0.826 bits per heavy atom. The lowest BCUT2D eigenvalue weighted by atomic mass is 10.0. The van der Waals surface area contributed by atoms with Crippen molar-refractivity contribution in [3.8, 4) is 0 Å². The third-order valence-electron chi connectivity index (χ3n) is 13.3. The molecule has 0 fully saturated rings. The van der Waals surface area contributed by atoms with Crippen LogP contribution in [0.15, 0.2) is 48.6 Å². The van der Waals surface area contributed by atoms with Crippen LogP contribution in [-0.2, 0) is 28.6 Å². The SMILES string of the molecule is CCCCC/C=C/C/C=C/CCCCCCCCCCCC(=O)OC[C@@H](COC(=O)CCCCCCCCCCCCCCC)OC(=O)CCCCCCCCCCC/C=C/C/C=C/CCCCC. The zero-order valence-corrected chi connectivity index (χ0v) is 46.1. The molecule has 0 heterocycles. The fourth-order valence-corrected chi connectivity index (χ4v) is 8.74. The van der Waals surface area contributed by atoms with E-state index < -0.39 is 6.10 Å². The summed E-state index contributed by atoms with van der Waals surface area (Å²) in [5, 5.41) is 0. The highest BCUT2D eigenvalue weighted by molar-refractivity contribution is 5.71. The number of rotatable bonds is 55. The van der Waals surface area contributed by atoms with Crippen LogP contribution in [0.5, 0.6) is 0 Å². The predicted molar refractivity (Wildman–Crippen MR) is 298 cm³/mol. The van der Waals surface area contributed by atoms with E-state index in [1.165, 1.54) is 205 Å². The van der Waals surface area contributed by atoms with Crippen molar-refractivity contribution in [1.29, 1.82) is 0 Å². The summed E-state index contributed by atoms with van der Waals surface area (Å²) < 4.78 is 16.9. The number of hydrogen-bond acceptors (Lipinski definition) is 6. The summed E-state index contributed by atoms with van der Waals surface area (Å²) >= 11 is 0. The molecule has 0 spiro atoms. The molecule has 0 saturated carbocycles. The van der Waals surface area contributed by atoms with Crippen LogP contribution in [0.4, 0.5) is 0 Å². The molecule has 0 aliphatic rings. The molecular weight excluding hydrogens is 853 g/mol. The Labute approximate surface area is 428 Å². The Balaban J connectivity index is 4.34. The van der Waals surface area contributed by atoms with Gasteiger partial charge in [-0.3, -0.25) is 14.4 Å². The van der Waals surface area contributed by atoms with E-state index in [-0.39, 0.29) is 31.1 Å². The van der Waals surface area contributed by atoms with Crippen molar-refractivity contribution < 1.29 is 28.6 Å². The number of carbonyl (C=O) groups excluding carboxylic acids is 3. The highest BCUT2D eigenvalue weighted by Gasteiger charge is 2.19. The average Bonchev–Trinajstić information content (AvgIpc) is 3.35. The lowest BCUT2D eigenvalue weighted by Crippen LogP contribution is -2.30. The van der Waals surface area contributed by atoms with Crippen LogP contribution in [0.1, 0.15) is 316 Å². The molecule has 0 aromatic rings. The number of hydrogen-bond donors (Lipinski definition) is 0. The van der Waals surface area contributed by atoms with Crippen LogP contribution in [0, 0.1) is 0 Å². The molecule has 0 rings (SSSR count). The average molecular weight is 968 g/mol. The predicted octanol–water partition coefficient (Wildman–Crippen LogP) is 20.2. The van der Waals surface area contributed by atoms with E-state index in [2.05, 4.69) is 69.4 Å². The molecule has 0 aliphatic carbocycles. The maximum Gasteiger partial charge on any atom is 0.306 e. The summed E-state index contributed by atoms with van der Waals surface area (Å²) in [5.74, 6) is -0.864. The van der Waals surface area contributed by atoms with Gasteiger partial charge in [-0.05, 0) is 83.5 Å². The lowest BCUT2D eigenvalue weighted by molar-refractivity contribution is -0.167. The summed E-state index contributed by atoms with van der Waals surface area (Å²) in [4.78, 5) is 38.2. The molecule has 6 nitrogen and oxygen atoms in total. The van der Waals surface area contributed by atoms with E-state index in [9.17, 15) is 14.4 Å². The van der Waals surface area contributed by atoms with Gasteiger partial charge in [0.15, 0.2) is 6.10 Å². The van der Waals surface area contributed by atoms with Gasteiger partial charge in [0.25, 0.3) is 0 Å². The number of allylic oxidation sites excluding steroid dienone is 8. The van der Waals surface area contributed by atoms with Gasteiger partial charge in [0.1, 0.15) is 13.2 Å². The quantitative estimate of drug-likeness (QED) is 0.0262. The molecule has 0 N–H and O–H groups in total. The molecule has 0 unspecified atom stereocenters. The Hall–Kier alpha value is -2.63. The first-order valence-corrected chi connectivity index (χ1v) is 30.1. The van der Waals surface area contributed by atoms with E-state index in [0.29, 0.717) is 19.3 Å². The van der Waals surface area contributed by atoms with Gasteiger partial charge in [-0.2, -0.15) is 0 Å². The summed E-state index contributed by atoms with van der Waals surface area (Å²) in [6.45, 7) is 6.62. The standard InChI is InChI=1S/C63H114O6/c1-4-7-10-13-16-19-22-25-27-29-31-33-35-38-41-44-47-50-53-56-62(65)68-59-60(58-67-61(64)55-52-49-46-43-40-37-24-21-18-15-12-9-6-3)69-63(66)57-54-51-48-45-42-39-36-34-32-30-28-26-23-20-17-14-11-8-5-2/h16-17,19-20,25-28,60H,4-15,18,21-24,29-59H2,1-3H3/b19-16+,20-17+,27-25+,28-26+/t60-/m1/s1. The summed E-state index contributed by atoms with van der Waals surface area (Å²) in [7, 11) is 0. The second-order valence-electron chi connectivity index (χ2n) is 20.3. The molecule has 69 heavy (non-hydrogen) atoms. The molecular formula is C63H114O6. The van der Waals surface area contributed by atoms with E-state index in [4.69, 9.17) is 14.2 Å². The van der Waals surface area contributed by atoms with Gasteiger partial charge >= 0.3 is 17.9 Å². The summed E-state index contributed by atoms with van der Waals surface area (Å²) in [5.41, 5.74) is 0. The first-order chi connectivity index (χ1) is 34.0. The van der Waals surface area contributed by atoms with E-state index in [1.807, 2.05) is 0 Å². The minimum Gasteiger partial charge on any atom is -0.462 e. The highest BCUT2D eigenvalue weighted by atomic mass is 16.6. The molecule has 6 heteroatoms. The monoisotopic (exact) mass is 967 g/mol. The maximum atomic E-state index is 12.9. The molecule has 0 radical (unpaired) electrons. The summed E-state index contributed by atoms with van der Waals surface area (Å²) in [6, 6.07) is 0. The van der Waals surface area contributed by atoms with E-state index in [0.717, 1.165) is 70.6 Å². The van der Waals surface area contributed by atoms with Crippen LogP contribution in [0.2, 0.25) is 0 Å². The van der Waals surface area contributed by atoms with Crippen molar-refractivity contribution >= 4 is 17.9 Å². The normalized spacial score (nSPS) is 12.3. The fraction of sp³-hybridized carbons (Fsp3) is 0.825. The Bertz CT molecular complexity index is 1200. The second-order valence-corrected chi connectivity index (χ2v) is 20.3. The zero-order valence-electron chi connectivity index (χ0n) is 46.1. The number of esters is 3. The van der Waals surface area contributed by atoms with Crippen LogP contribution >= 0.6 is 0 Å². The highest BCUT2D eigenvalue weighted by Crippen LogP contribution is 2.16. The van der Waals surface area contributed by atoms with Crippen molar-refractivity contribution in [3.05, 3.63) is 48.6 Å². The molecule has 0 bridgehead atoms. The van der Waals surface area contributed by atoms with Gasteiger partial charge in [0.2, 0.25) is 0 Å². The molecule has 0 saturated heterocycles. The third kappa shape index (κ3) is 56.2. The van der Waals surface area contributed by atoms with Crippen molar-refractivity contribution in [2.75, 3.05) is 13.2 Å². The van der Waals surface area contributed by atoms with Gasteiger partial charge in [-0.15, -0.1) is 0 Å². The largest absolute Gasteiger partial charge is 0.462 e. The van der Waals surface area contributed by atoms with Crippen molar-refractivity contribution in [3.63, 3.8) is 0 Å². The first-order valence-electron chi connectivity index (χ1n) is 30.1. The Morgan fingerprint density at radius 1 is 0.290 bits per heavy atom. The minimum atomic E-state index is -0.775. The van der Waals surface area contributed by atoms with Crippen molar-refractivity contribution in [2.45, 2.75) is 322 Å². The van der Waals surface area contributed by atoms with Crippen LogP contribution in [0.3, 0.4) is 0 Å². The van der Waals surface area contributed by atoms with Gasteiger partial charge in [-0.1, -0.05) is 262 Å². The van der Waals surface area contributed by atoms with E-state index in [1.54, 1.807) is 0 Å². The van der Waals surface area contributed by atoms with Crippen LogP contribution in [-0.4, -0.2) is 37.2 Å². The Kier molecular flexibility index (Phi) is 55.7. The fourth-order valence-electron chi connectivity index (χ4n) is 8.74. The van der Waals surface area contributed by atoms with Crippen molar-refractivity contribution in [2.24, 2.45) is 0 Å². The summed E-state index contributed by atoms with van der Waals surface area (Å²) in [6.07, 6.45) is 71.0. The molecule has 0 aliphatic heterocycles. The van der Waals surface area contributed by atoms with Gasteiger partial charge < -0.3 is 14.2 Å². The molecule has 0 amide bonds. The van der Waals surface area contributed by atoms with Gasteiger partial charge in [0, 0.05) is 19.3 Å². The molecule has 0 aromatic carbocycles. The molecule has 1 atom stereocenters.